The smallest absolute Gasteiger partial charge is 0.419 e. The number of hydrogen-bond acceptors (Lipinski definition) is 5. The Morgan fingerprint density at radius 2 is 1.81 bits per heavy atom. The van der Waals surface area contributed by atoms with Gasteiger partial charge in [0.1, 0.15) is 5.82 Å². The SMILES string of the molecule is O=C(Nc1ccc(F)c(C(F)(F)F)c1)C1(c2cc(-c3ccc4c(c3)OCO4)on2)CC1. The highest BCUT2D eigenvalue weighted by Crippen LogP contribution is 2.49. The number of alkyl halides is 3. The Balaban J connectivity index is 1.38. The van der Waals surface area contributed by atoms with Crippen molar-refractivity contribution in [3.05, 3.63) is 59.5 Å². The van der Waals surface area contributed by atoms with E-state index in [4.69, 9.17) is 14.0 Å². The summed E-state index contributed by atoms with van der Waals surface area (Å²) in [6.45, 7) is 0.128. The van der Waals surface area contributed by atoms with Gasteiger partial charge in [-0.3, -0.25) is 4.79 Å². The highest BCUT2D eigenvalue weighted by Gasteiger charge is 2.54. The van der Waals surface area contributed by atoms with E-state index in [9.17, 15) is 22.4 Å². The molecule has 2 aliphatic rings. The number of ether oxygens (including phenoxy) is 2. The molecule has 1 fully saturated rings. The van der Waals surface area contributed by atoms with Gasteiger partial charge in [0, 0.05) is 17.3 Å². The average Bonchev–Trinajstić information content (AvgIpc) is 3.17. The van der Waals surface area contributed by atoms with Crippen LogP contribution in [-0.4, -0.2) is 17.9 Å². The Labute approximate surface area is 172 Å². The normalized spacial score (nSPS) is 16.3. The molecule has 1 saturated carbocycles. The predicted octanol–water partition coefficient (Wildman–Crippen LogP) is 4.90. The Morgan fingerprint density at radius 3 is 2.55 bits per heavy atom. The number of nitrogens with zero attached hydrogens (tertiary/aromatic N) is 1. The van der Waals surface area contributed by atoms with Crippen molar-refractivity contribution < 1.29 is 36.4 Å². The summed E-state index contributed by atoms with van der Waals surface area (Å²) in [7, 11) is 0. The highest BCUT2D eigenvalue weighted by atomic mass is 19.4. The van der Waals surface area contributed by atoms with Crippen LogP contribution in [0, 0.1) is 5.82 Å². The molecule has 0 spiro atoms. The molecular formula is C21H14F4N2O4. The van der Waals surface area contributed by atoms with Gasteiger partial charge in [0.15, 0.2) is 17.3 Å². The van der Waals surface area contributed by atoms with Gasteiger partial charge in [-0.25, -0.2) is 4.39 Å². The second-order valence-corrected chi connectivity index (χ2v) is 7.37. The largest absolute Gasteiger partial charge is 0.454 e. The number of fused-ring (bicyclic) bond motifs is 1. The summed E-state index contributed by atoms with van der Waals surface area (Å²) in [5.74, 6) is -0.354. The van der Waals surface area contributed by atoms with E-state index in [0.717, 1.165) is 6.07 Å². The Morgan fingerprint density at radius 1 is 1.03 bits per heavy atom. The maximum absolute atomic E-state index is 13.5. The second-order valence-electron chi connectivity index (χ2n) is 7.37. The van der Waals surface area contributed by atoms with Crippen molar-refractivity contribution >= 4 is 11.6 Å². The average molecular weight is 434 g/mol. The van der Waals surface area contributed by atoms with Gasteiger partial charge in [0.25, 0.3) is 0 Å². The second kappa shape index (κ2) is 6.73. The first-order valence-electron chi connectivity index (χ1n) is 9.32. The van der Waals surface area contributed by atoms with Gasteiger partial charge in [0.05, 0.1) is 16.7 Å². The number of carbonyl (C=O) groups excluding carboxylic acids is 1. The van der Waals surface area contributed by atoms with E-state index in [1.165, 1.54) is 0 Å². The van der Waals surface area contributed by atoms with E-state index in [2.05, 4.69) is 10.5 Å². The van der Waals surface area contributed by atoms with Crippen molar-refractivity contribution in [2.45, 2.75) is 24.4 Å². The van der Waals surface area contributed by atoms with E-state index in [1.54, 1.807) is 24.3 Å². The molecule has 1 N–H and O–H groups in total. The Bertz CT molecular complexity index is 1180. The molecule has 1 aliphatic carbocycles. The van der Waals surface area contributed by atoms with Crippen LogP contribution in [0.4, 0.5) is 23.2 Å². The van der Waals surface area contributed by atoms with Gasteiger partial charge in [-0.1, -0.05) is 5.16 Å². The zero-order chi connectivity index (χ0) is 21.8. The monoisotopic (exact) mass is 434 g/mol. The summed E-state index contributed by atoms with van der Waals surface area (Å²) >= 11 is 0. The molecule has 3 aromatic rings. The van der Waals surface area contributed by atoms with Crippen molar-refractivity contribution in [2.75, 3.05) is 12.1 Å². The molecule has 0 bridgehead atoms. The molecule has 0 saturated heterocycles. The number of hydrogen-bond donors (Lipinski definition) is 1. The van der Waals surface area contributed by atoms with Crippen LogP contribution in [0.2, 0.25) is 0 Å². The van der Waals surface area contributed by atoms with E-state index < -0.39 is 28.9 Å². The van der Waals surface area contributed by atoms with Crippen molar-refractivity contribution in [2.24, 2.45) is 0 Å². The molecule has 0 unspecified atom stereocenters. The van der Waals surface area contributed by atoms with Crippen molar-refractivity contribution in [3.63, 3.8) is 0 Å². The molecule has 31 heavy (non-hydrogen) atoms. The lowest BCUT2D eigenvalue weighted by atomic mass is 10.00. The maximum atomic E-state index is 13.5. The Kier molecular flexibility index (Phi) is 4.21. The molecular weight excluding hydrogens is 420 g/mol. The van der Waals surface area contributed by atoms with Crippen LogP contribution in [0.3, 0.4) is 0 Å². The third-order valence-electron chi connectivity index (χ3n) is 5.37. The lowest BCUT2D eigenvalue weighted by Gasteiger charge is -2.14. The molecule has 0 atom stereocenters. The predicted molar refractivity (Wildman–Crippen MR) is 99.0 cm³/mol. The van der Waals surface area contributed by atoms with Crippen LogP contribution in [0.25, 0.3) is 11.3 Å². The molecule has 1 amide bonds. The summed E-state index contributed by atoms with van der Waals surface area (Å²) in [6.07, 6.45) is -3.95. The number of benzene rings is 2. The van der Waals surface area contributed by atoms with Crippen LogP contribution < -0.4 is 14.8 Å². The summed E-state index contributed by atoms with van der Waals surface area (Å²) in [5.41, 5.74) is -1.56. The first-order chi connectivity index (χ1) is 14.8. The summed E-state index contributed by atoms with van der Waals surface area (Å²) in [6, 6.07) is 9.16. The topological polar surface area (TPSA) is 73.6 Å². The third-order valence-corrected chi connectivity index (χ3v) is 5.37. The van der Waals surface area contributed by atoms with E-state index in [0.29, 0.717) is 53.5 Å². The first-order valence-corrected chi connectivity index (χ1v) is 9.32. The third kappa shape index (κ3) is 3.37. The zero-order valence-corrected chi connectivity index (χ0v) is 15.8. The fourth-order valence-corrected chi connectivity index (χ4v) is 3.48. The molecule has 0 radical (unpaired) electrons. The fraction of sp³-hybridized carbons (Fsp3) is 0.238. The number of anilines is 1. The Hall–Kier alpha value is -3.56. The number of aromatic nitrogens is 1. The van der Waals surface area contributed by atoms with Gasteiger partial charge in [-0.15, -0.1) is 0 Å². The lowest BCUT2D eigenvalue weighted by molar-refractivity contribution is -0.140. The molecule has 6 nitrogen and oxygen atoms in total. The van der Waals surface area contributed by atoms with Crippen molar-refractivity contribution in [3.8, 4) is 22.8 Å². The standard InChI is InChI=1S/C21H14F4N2O4/c22-14-3-2-12(8-13(14)21(23,24)25)26-19(28)20(5-6-20)18-9-16(31-27-18)11-1-4-15-17(7-11)30-10-29-15/h1-4,7-9H,5-6,10H2,(H,26,28). The number of halogens is 4. The number of nitrogens with one attached hydrogen (secondary N) is 1. The summed E-state index contributed by atoms with van der Waals surface area (Å²) < 4.78 is 68.3. The van der Waals surface area contributed by atoms with Gasteiger partial charge >= 0.3 is 6.18 Å². The van der Waals surface area contributed by atoms with Gasteiger partial charge in [-0.2, -0.15) is 13.2 Å². The minimum absolute atomic E-state index is 0.128. The van der Waals surface area contributed by atoms with Crippen LogP contribution in [-0.2, 0) is 16.4 Å². The summed E-state index contributed by atoms with van der Waals surface area (Å²) in [5, 5.41) is 6.45. The van der Waals surface area contributed by atoms with Crippen LogP contribution in [0.15, 0.2) is 47.0 Å². The fourth-order valence-electron chi connectivity index (χ4n) is 3.48. The van der Waals surface area contributed by atoms with E-state index in [-0.39, 0.29) is 12.5 Å². The maximum Gasteiger partial charge on any atom is 0.419 e. The van der Waals surface area contributed by atoms with Gasteiger partial charge in [0.2, 0.25) is 12.7 Å². The molecule has 10 heteroatoms. The quantitative estimate of drug-likeness (QED) is 0.592. The highest BCUT2D eigenvalue weighted by molar-refractivity contribution is 6.01. The molecule has 1 aliphatic heterocycles. The number of amides is 1. The first kappa shape index (κ1) is 19.4. The van der Waals surface area contributed by atoms with Crippen LogP contribution in [0.5, 0.6) is 11.5 Å². The van der Waals surface area contributed by atoms with Gasteiger partial charge in [-0.05, 0) is 49.2 Å². The van der Waals surface area contributed by atoms with Crippen LogP contribution >= 0.6 is 0 Å². The van der Waals surface area contributed by atoms with Crippen molar-refractivity contribution in [1.82, 2.24) is 5.16 Å². The van der Waals surface area contributed by atoms with Gasteiger partial charge < -0.3 is 19.3 Å². The lowest BCUT2D eigenvalue weighted by Crippen LogP contribution is -2.28. The molecule has 2 aromatic carbocycles. The molecule has 160 valence electrons. The van der Waals surface area contributed by atoms with E-state index in [1.807, 2.05) is 0 Å². The van der Waals surface area contributed by atoms with Crippen LogP contribution in [0.1, 0.15) is 24.1 Å². The molecule has 5 rings (SSSR count). The van der Waals surface area contributed by atoms with E-state index >= 15 is 0 Å². The number of carbonyl (C=O) groups is 1. The molecule has 1 aromatic heterocycles. The molecule has 2 heterocycles. The minimum Gasteiger partial charge on any atom is -0.454 e. The minimum atomic E-state index is -4.87. The summed E-state index contributed by atoms with van der Waals surface area (Å²) in [4.78, 5) is 12.8. The van der Waals surface area contributed by atoms with Crippen molar-refractivity contribution in [1.29, 1.82) is 0 Å². The number of rotatable bonds is 4. The zero-order valence-electron chi connectivity index (χ0n) is 15.8.